The maximum Gasteiger partial charge on any atom is 0.263 e. The number of nitrogens with zero attached hydrogens (tertiary/aromatic N) is 7. The first-order valence-corrected chi connectivity index (χ1v) is 14.6. The van der Waals surface area contributed by atoms with Gasteiger partial charge in [-0.3, -0.25) is 14.2 Å². The zero-order chi connectivity index (χ0) is 28.5. The minimum atomic E-state index is -0.260. The number of carbonyl (C=O) groups is 1. The molecule has 1 saturated heterocycles. The molecule has 4 aromatic heterocycles. The van der Waals surface area contributed by atoms with Crippen molar-refractivity contribution in [2.75, 3.05) is 41.3 Å². The van der Waals surface area contributed by atoms with Gasteiger partial charge in [-0.1, -0.05) is 18.9 Å². The van der Waals surface area contributed by atoms with Crippen LogP contribution in [-0.2, 0) is 5.88 Å². The number of anilines is 4. The van der Waals surface area contributed by atoms with Crippen molar-refractivity contribution in [3.63, 3.8) is 0 Å². The van der Waals surface area contributed by atoms with Crippen LogP contribution in [0.3, 0.4) is 0 Å². The number of Topliss-reactive ketones (excluding diaryl/α,β-unsaturated/α-hetero) is 1. The molecule has 4 aromatic rings. The number of pyridine rings is 3. The van der Waals surface area contributed by atoms with Gasteiger partial charge in [0.15, 0.2) is 5.78 Å². The van der Waals surface area contributed by atoms with Crippen LogP contribution in [0.25, 0.3) is 11.0 Å². The second kappa shape index (κ2) is 11.4. The number of ketones is 1. The minimum absolute atomic E-state index is 0.0325. The van der Waals surface area contributed by atoms with E-state index >= 15 is 0 Å². The van der Waals surface area contributed by atoms with Crippen LogP contribution in [0.2, 0.25) is 0 Å². The molecule has 6 rings (SSSR count). The van der Waals surface area contributed by atoms with Gasteiger partial charge in [-0.25, -0.2) is 15.0 Å². The summed E-state index contributed by atoms with van der Waals surface area (Å²) in [4.78, 5) is 48.8. The molecule has 1 saturated carbocycles. The third-order valence-corrected chi connectivity index (χ3v) is 8.48. The van der Waals surface area contributed by atoms with Crippen LogP contribution < -0.4 is 20.7 Å². The predicted octanol–water partition coefficient (Wildman–Crippen LogP) is 5.02. The van der Waals surface area contributed by atoms with Gasteiger partial charge in [-0.05, 0) is 56.0 Å². The number of hydrogen-bond donors (Lipinski definition) is 1. The molecule has 2 aliphatic rings. The molecule has 0 unspecified atom stereocenters. The Morgan fingerprint density at radius 3 is 2.37 bits per heavy atom. The minimum Gasteiger partial charge on any atom is -0.367 e. The van der Waals surface area contributed by atoms with Crippen molar-refractivity contribution in [1.29, 1.82) is 0 Å². The Labute approximate surface area is 243 Å². The molecule has 1 N–H and O–H groups in total. The van der Waals surface area contributed by atoms with Gasteiger partial charge in [0.1, 0.15) is 17.3 Å². The van der Waals surface area contributed by atoms with Crippen molar-refractivity contribution in [3.05, 3.63) is 69.9 Å². The van der Waals surface area contributed by atoms with E-state index in [0.29, 0.717) is 28.9 Å². The topological polar surface area (TPSA) is 109 Å². The number of aromatic nitrogens is 5. The summed E-state index contributed by atoms with van der Waals surface area (Å²) in [5, 5.41) is 3.92. The molecule has 11 heteroatoms. The van der Waals surface area contributed by atoms with Crippen LogP contribution in [0.4, 0.5) is 23.3 Å². The van der Waals surface area contributed by atoms with Crippen molar-refractivity contribution in [2.24, 2.45) is 0 Å². The van der Waals surface area contributed by atoms with E-state index in [4.69, 9.17) is 16.6 Å². The quantitative estimate of drug-likeness (QED) is 0.241. The number of carbonyl (C=O) groups excluding carboxylic acids is 1. The first-order valence-electron chi connectivity index (χ1n) is 14.1. The molecule has 0 aromatic carbocycles. The van der Waals surface area contributed by atoms with Gasteiger partial charge in [0.2, 0.25) is 5.95 Å². The molecule has 10 nitrogen and oxygen atoms in total. The molecular formula is C30H33ClN8O2. The number of aryl methyl sites for hydroxylation is 1. The normalized spacial score (nSPS) is 16.0. The monoisotopic (exact) mass is 572 g/mol. The molecule has 0 amide bonds. The molecule has 41 heavy (non-hydrogen) atoms. The zero-order valence-electron chi connectivity index (χ0n) is 23.3. The molecule has 0 atom stereocenters. The van der Waals surface area contributed by atoms with E-state index in [1.807, 2.05) is 36.7 Å². The third-order valence-electron chi connectivity index (χ3n) is 8.17. The molecule has 0 radical (unpaired) electrons. The van der Waals surface area contributed by atoms with Crippen molar-refractivity contribution >= 4 is 51.7 Å². The lowest BCUT2D eigenvalue weighted by molar-refractivity contribution is 0.101. The third kappa shape index (κ3) is 5.36. The number of nitrogens with one attached hydrogen (secondary N) is 1. The van der Waals surface area contributed by atoms with Gasteiger partial charge in [0.25, 0.3) is 5.56 Å². The Bertz CT molecular complexity index is 1620. The smallest absolute Gasteiger partial charge is 0.263 e. The molecule has 212 valence electrons. The lowest BCUT2D eigenvalue weighted by Crippen LogP contribution is -2.46. The fraction of sp³-hybridized carbons (Fsp3) is 0.400. The molecule has 5 heterocycles. The van der Waals surface area contributed by atoms with Gasteiger partial charge < -0.3 is 15.1 Å². The average molecular weight is 573 g/mol. The summed E-state index contributed by atoms with van der Waals surface area (Å²) in [7, 11) is 0. The lowest BCUT2D eigenvalue weighted by atomic mass is 10.0. The van der Waals surface area contributed by atoms with Crippen LogP contribution >= 0.6 is 11.6 Å². The summed E-state index contributed by atoms with van der Waals surface area (Å²) in [5.74, 6) is 2.18. The van der Waals surface area contributed by atoms with E-state index < -0.39 is 0 Å². The van der Waals surface area contributed by atoms with Crippen molar-refractivity contribution in [3.8, 4) is 0 Å². The summed E-state index contributed by atoms with van der Waals surface area (Å²) >= 11 is 5.89. The average Bonchev–Trinajstić information content (AvgIpc) is 3.52. The van der Waals surface area contributed by atoms with E-state index in [9.17, 15) is 9.59 Å². The van der Waals surface area contributed by atoms with Gasteiger partial charge in [-0.2, -0.15) is 4.98 Å². The number of rotatable bonds is 7. The maximum atomic E-state index is 13.4. The van der Waals surface area contributed by atoms with Crippen LogP contribution in [-0.4, -0.2) is 56.5 Å². The first-order chi connectivity index (χ1) is 19.9. The molecule has 0 bridgehead atoms. The second-order valence-corrected chi connectivity index (χ2v) is 11.0. The van der Waals surface area contributed by atoms with Crippen molar-refractivity contribution < 1.29 is 4.79 Å². The van der Waals surface area contributed by atoms with Crippen molar-refractivity contribution in [2.45, 2.75) is 51.5 Å². The standard InChI is InChI=1S/C30H33ClN8O2/c1-19-24-18-34-30(36-28(24)39(22-5-3-4-6-22)29(41)27(19)20(2)40)35-25-9-8-23(17-32-25)37-11-13-38(14-12-37)26-10-7-21(15-31)16-33-26/h7-10,16-18,22H,3-6,11-15H2,1-2H3,(H,32,34,35,36). The van der Waals surface area contributed by atoms with E-state index in [2.05, 4.69) is 30.1 Å². The number of hydrogen-bond acceptors (Lipinski definition) is 9. The molecule has 1 aliphatic heterocycles. The fourth-order valence-electron chi connectivity index (χ4n) is 5.95. The van der Waals surface area contributed by atoms with Gasteiger partial charge in [0.05, 0.1) is 17.4 Å². The van der Waals surface area contributed by atoms with Gasteiger partial charge in [-0.15, -0.1) is 11.6 Å². The molecule has 1 aliphatic carbocycles. The lowest BCUT2D eigenvalue weighted by Gasteiger charge is -2.36. The number of alkyl halides is 1. The highest BCUT2D eigenvalue weighted by atomic mass is 35.5. The van der Waals surface area contributed by atoms with Crippen molar-refractivity contribution in [1.82, 2.24) is 24.5 Å². The highest BCUT2D eigenvalue weighted by Gasteiger charge is 2.26. The number of piperazine rings is 1. The summed E-state index contributed by atoms with van der Waals surface area (Å²) in [6.07, 6.45) is 9.30. The van der Waals surface area contributed by atoms with E-state index in [1.165, 1.54) is 6.92 Å². The van der Waals surface area contributed by atoms with Crippen LogP contribution in [0.15, 0.2) is 47.7 Å². The van der Waals surface area contributed by atoms with E-state index in [0.717, 1.165) is 74.3 Å². The summed E-state index contributed by atoms with van der Waals surface area (Å²) in [6.45, 7) is 6.70. The highest BCUT2D eigenvalue weighted by molar-refractivity contribution is 6.17. The SMILES string of the molecule is CC(=O)c1c(C)c2cnc(Nc3ccc(N4CCN(c5ccc(CCl)cn5)CC4)cn3)nc2n(C2CCCC2)c1=O. The maximum absolute atomic E-state index is 13.4. The van der Waals surface area contributed by atoms with Crippen LogP contribution in [0.1, 0.15) is 60.1 Å². The molecule has 0 spiro atoms. The Hall–Kier alpha value is -4.05. The first kappa shape index (κ1) is 27.1. The number of fused-ring (bicyclic) bond motifs is 1. The Kier molecular flexibility index (Phi) is 7.57. The van der Waals surface area contributed by atoms with E-state index in [-0.39, 0.29) is 22.9 Å². The van der Waals surface area contributed by atoms with Gasteiger partial charge in [0, 0.05) is 55.9 Å². The van der Waals surface area contributed by atoms with Gasteiger partial charge >= 0.3 is 0 Å². The Morgan fingerprint density at radius 1 is 0.976 bits per heavy atom. The second-order valence-electron chi connectivity index (χ2n) is 10.8. The Morgan fingerprint density at radius 2 is 1.73 bits per heavy atom. The van der Waals surface area contributed by atoms with Crippen LogP contribution in [0.5, 0.6) is 0 Å². The molecule has 2 fully saturated rings. The molecular weight excluding hydrogens is 540 g/mol. The number of halogens is 1. The zero-order valence-corrected chi connectivity index (χ0v) is 24.1. The predicted molar refractivity (Wildman–Crippen MR) is 162 cm³/mol. The summed E-state index contributed by atoms with van der Waals surface area (Å²) in [5.41, 5.74) is 3.22. The van der Waals surface area contributed by atoms with E-state index in [1.54, 1.807) is 17.7 Å². The highest BCUT2D eigenvalue weighted by Crippen LogP contribution is 2.32. The van der Waals surface area contributed by atoms with Crippen LogP contribution in [0, 0.1) is 6.92 Å². The summed E-state index contributed by atoms with van der Waals surface area (Å²) in [6, 6.07) is 8.04. The summed E-state index contributed by atoms with van der Waals surface area (Å²) < 4.78 is 1.72. The fourth-order valence-corrected chi connectivity index (χ4v) is 6.11. The Balaban J connectivity index is 1.19. The largest absolute Gasteiger partial charge is 0.367 e.